The Morgan fingerprint density at radius 1 is 1.21 bits per heavy atom. The van der Waals surface area contributed by atoms with Crippen LogP contribution >= 0.6 is 0 Å². The highest BCUT2D eigenvalue weighted by Gasteiger charge is 2.27. The summed E-state index contributed by atoms with van der Waals surface area (Å²) in [5.74, 6) is -0.386. The molecule has 0 aliphatic carbocycles. The molecule has 0 aromatic carbocycles. The first-order chi connectivity index (χ1) is 8.99. The maximum Gasteiger partial charge on any atom is 0.334 e. The summed E-state index contributed by atoms with van der Waals surface area (Å²) in [4.78, 5) is 10.7. The van der Waals surface area contributed by atoms with Crippen LogP contribution in [0.2, 0.25) is 12.6 Å². The minimum Gasteiger partial charge on any atom is -0.463 e. The van der Waals surface area contributed by atoms with Gasteiger partial charge in [0.05, 0.1) is 6.61 Å². The Morgan fingerprint density at radius 3 is 2.05 bits per heavy atom. The predicted molar refractivity (Wildman–Crippen MR) is 78.8 cm³/mol. The van der Waals surface area contributed by atoms with E-state index in [-0.39, 0.29) is 5.97 Å². The van der Waals surface area contributed by atoms with Crippen LogP contribution < -0.4 is 0 Å². The first-order valence-electron chi connectivity index (χ1n) is 5.87. The van der Waals surface area contributed by atoms with E-state index >= 15 is 0 Å². The van der Waals surface area contributed by atoms with Crippen LogP contribution in [0.3, 0.4) is 0 Å². The second kappa shape index (κ2) is 13.9. The van der Waals surface area contributed by atoms with Crippen molar-refractivity contribution in [2.45, 2.75) is 19.0 Å². The van der Waals surface area contributed by atoms with Crippen molar-refractivity contribution < 1.29 is 27.2 Å². The van der Waals surface area contributed by atoms with Crippen LogP contribution in [-0.4, -0.2) is 59.6 Å². The summed E-state index contributed by atoms with van der Waals surface area (Å²) in [5.41, 5.74) is 0. The van der Waals surface area contributed by atoms with E-state index in [1.807, 2.05) is 6.55 Å². The lowest BCUT2D eigenvalue weighted by Gasteiger charge is -2.22. The maximum absolute atomic E-state index is 10.7. The molecule has 0 unspecified atom stereocenters. The summed E-state index contributed by atoms with van der Waals surface area (Å²) in [6, 6.07) is 0.810. The standard InChI is InChI=1S/C9H18O4Si.C2H8O2Si/c1-5-9(10)13-7-6-8-14(4,11-2)12-3;1-3-5-4-2/h5H,1,6-8H2,2-4H3;5H2,1-2H3. The van der Waals surface area contributed by atoms with E-state index in [4.69, 9.17) is 13.6 Å². The van der Waals surface area contributed by atoms with Crippen molar-refractivity contribution in [2.75, 3.05) is 35.0 Å². The first kappa shape index (κ1) is 20.8. The van der Waals surface area contributed by atoms with Gasteiger partial charge in [-0.1, -0.05) is 6.58 Å². The zero-order chi connectivity index (χ0) is 15.1. The van der Waals surface area contributed by atoms with Crippen LogP contribution in [0.15, 0.2) is 12.7 Å². The number of esters is 1. The van der Waals surface area contributed by atoms with Gasteiger partial charge in [0.1, 0.15) is 0 Å². The lowest BCUT2D eigenvalue weighted by atomic mass is 10.5. The SMILES string of the molecule is C=CC(=O)OCCC[Si](C)(OC)OC.CO[SiH2]OC. The molecule has 0 aliphatic heterocycles. The molecule has 0 amide bonds. The molecule has 8 heteroatoms. The van der Waals surface area contributed by atoms with Crippen LogP contribution in [0, 0.1) is 0 Å². The normalized spacial score (nSPS) is 10.4. The molecule has 0 aromatic heterocycles. The van der Waals surface area contributed by atoms with Gasteiger partial charge in [-0.2, -0.15) is 0 Å². The number of ether oxygens (including phenoxy) is 1. The van der Waals surface area contributed by atoms with Crippen molar-refractivity contribution in [3.8, 4) is 0 Å². The number of carbonyl (C=O) groups excluding carboxylic acids is 1. The molecule has 0 N–H and O–H groups in total. The molecule has 0 aliphatic rings. The second-order valence-corrected chi connectivity index (χ2v) is 8.69. The van der Waals surface area contributed by atoms with Gasteiger partial charge < -0.3 is 22.4 Å². The molecule has 114 valence electrons. The minimum atomic E-state index is -2.00. The predicted octanol–water partition coefficient (Wildman–Crippen LogP) is 0.748. The van der Waals surface area contributed by atoms with E-state index in [1.165, 1.54) is 0 Å². The molecule has 0 spiro atoms. The summed E-state index contributed by atoms with van der Waals surface area (Å²) in [5, 5.41) is 0. The molecule has 0 atom stereocenters. The van der Waals surface area contributed by atoms with Gasteiger partial charge in [0.25, 0.3) is 0 Å². The van der Waals surface area contributed by atoms with Crippen LogP contribution in [0.25, 0.3) is 0 Å². The van der Waals surface area contributed by atoms with E-state index in [1.54, 1.807) is 28.4 Å². The van der Waals surface area contributed by atoms with Gasteiger partial charge in [-0.05, 0) is 19.0 Å². The van der Waals surface area contributed by atoms with Crippen LogP contribution in [0.1, 0.15) is 6.42 Å². The molecule has 6 nitrogen and oxygen atoms in total. The van der Waals surface area contributed by atoms with Crippen molar-refractivity contribution in [3.05, 3.63) is 12.7 Å². The van der Waals surface area contributed by atoms with Crippen LogP contribution in [0.4, 0.5) is 0 Å². The first-order valence-corrected chi connectivity index (χ1v) is 9.54. The highest BCUT2D eigenvalue weighted by molar-refractivity contribution is 6.65. The van der Waals surface area contributed by atoms with E-state index < -0.39 is 18.6 Å². The quantitative estimate of drug-likeness (QED) is 0.271. The average Bonchev–Trinajstić information content (AvgIpc) is 2.44. The molecule has 0 aromatic rings. The summed E-state index contributed by atoms with van der Waals surface area (Å²) < 4.78 is 24.6. The van der Waals surface area contributed by atoms with E-state index in [0.717, 1.165) is 18.5 Å². The van der Waals surface area contributed by atoms with Crippen molar-refractivity contribution in [1.82, 2.24) is 0 Å². The monoisotopic (exact) mass is 310 g/mol. The fourth-order valence-corrected chi connectivity index (χ4v) is 2.63. The molecule has 0 saturated heterocycles. The molecule has 19 heavy (non-hydrogen) atoms. The fourth-order valence-electron chi connectivity index (χ4n) is 1.03. The number of hydrogen-bond acceptors (Lipinski definition) is 6. The molecule has 0 heterocycles. The maximum atomic E-state index is 10.7. The third kappa shape index (κ3) is 13.7. The van der Waals surface area contributed by atoms with Crippen molar-refractivity contribution in [1.29, 1.82) is 0 Å². The smallest absolute Gasteiger partial charge is 0.334 e. The van der Waals surface area contributed by atoms with E-state index in [9.17, 15) is 4.79 Å². The van der Waals surface area contributed by atoms with Gasteiger partial charge in [0.2, 0.25) is 0 Å². The van der Waals surface area contributed by atoms with E-state index in [0.29, 0.717) is 6.61 Å². The minimum absolute atomic E-state index is 0.386. The van der Waals surface area contributed by atoms with Crippen molar-refractivity contribution >= 4 is 24.5 Å². The summed E-state index contributed by atoms with van der Waals surface area (Å²) in [6.07, 6.45) is 1.91. The Hall–Kier alpha value is -0.516. The molecular weight excluding hydrogens is 284 g/mol. The number of rotatable bonds is 9. The molecule has 0 radical (unpaired) electrons. The van der Waals surface area contributed by atoms with Crippen LogP contribution in [0.5, 0.6) is 0 Å². The average molecular weight is 310 g/mol. The van der Waals surface area contributed by atoms with Gasteiger partial charge >= 0.3 is 24.5 Å². The highest BCUT2D eigenvalue weighted by Crippen LogP contribution is 2.13. The molecule has 0 bridgehead atoms. The highest BCUT2D eigenvalue weighted by atomic mass is 28.4. The largest absolute Gasteiger partial charge is 0.463 e. The van der Waals surface area contributed by atoms with Gasteiger partial charge in [-0.3, -0.25) is 0 Å². The number of carbonyl (C=O) groups is 1. The fraction of sp³-hybridized carbons (Fsp3) is 0.727. The number of hydrogen-bond donors (Lipinski definition) is 0. The zero-order valence-corrected chi connectivity index (χ0v) is 15.0. The molecule has 0 saturated carbocycles. The Labute approximate surface area is 119 Å². The van der Waals surface area contributed by atoms with Gasteiger partial charge in [-0.15, -0.1) is 0 Å². The van der Waals surface area contributed by atoms with Gasteiger partial charge in [-0.25, -0.2) is 4.79 Å². The summed E-state index contributed by atoms with van der Waals surface area (Å²) in [7, 11) is 4.02. The molecule has 0 rings (SSSR count). The van der Waals surface area contributed by atoms with Crippen molar-refractivity contribution in [2.24, 2.45) is 0 Å². The summed E-state index contributed by atoms with van der Waals surface area (Å²) >= 11 is 0. The van der Waals surface area contributed by atoms with Gasteiger partial charge in [0.15, 0.2) is 0 Å². The molecular formula is C11H26O6Si2. The second-order valence-electron chi connectivity index (χ2n) is 3.71. The lowest BCUT2D eigenvalue weighted by Crippen LogP contribution is -2.36. The topological polar surface area (TPSA) is 63.2 Å². The summed E-state index contributed by atoms with van der Waals surface area (Å²) in [6.45, 7) is 5.67. The van der Waals surface area contributed by atoms with Gasteiger partial charge in [0, 0.05) is 34.5 Å². The third-order valence-corrected chi connectivity index (χ3v) is 5.75. The molecule has 0 fully saturated rings. The van der Waals surface area contributed by atoms with Crippen molar-refractivity contribution in [3.63, 3.8) is 0 Å². The zero-order valence-electron chi connectivity index (χ0n) is 12.6. The Morgan fingerprint density at radius 2 is 1.74 bits per heavy atom. The Balaban J connectivity index is 0. The third-order valence-electron chi connectivity index (χ3n) is 2.29. The Kier molecular flexibility index (Phi) is 15.2. The Bertz CT molecular complexity index is 231. The lowest BCUT2D eigenvalue weighted by molar-refractivity contribution is -0.137. The van der Waals surface area contributed by atoms with Crippen LogP contribution in [-0.2, 0) is 27.2 Å². The van der Waals surface area contributed by atoms with E-state index in [2.05, 4.69) is 15.4 Å².